The van der Waals surface area contributed by atoms with E-state index in [0.717, 1.165) is 11.4 Å². The van der Waals surface area contributed by atoms with Crippen LogP contribution in [0.4, 0.5) is 0 Å². The van der Waals surface area contributed by atoms with E-state index < -0.39 is 0 Å². The maximum Gasteiger partial charge on any atom is 0.233 e. The van der Waals surface area contributed by atoms with Crippen LogP contribution >= 0.6 is 24.2 Å². The molecule has 2 rings (SSSR count). The van der Waals surface area contributed by atoms with E-state index in [0.29, 0.717) is 13.1 Å². The summed E-state index contributed by atoms with van der Waals surface area (Å²) in [5, 5.41) is 15.8. The van der Waals surface area contributed by atoms with Crippen molar-refractivity contribution in [2.45, 2.75) is 30.1 Å². The van der Waals surface area contributed by atoms with E-state index in [1.54, 1.807) is 11.8 Å². The minimum atomic E-state index is -0.357. The quantitative estimate of drug-likeness (QED) is 0.690. The predicted octanol–water partition coefficient (Wildman–Crippen LogP) is 1.92. The van der Waals surface area contributed by atoms with Crippen LogP contribution in [0.3, 0.4) is 0 Å². The van der Waals surface area contributed by atoms with E-state index in [1.165, 1.54) is 0 Å². The summed E-state index contributed by atoms with van der Waals surface area (Å²) >= 11 is 1.60. The molecular formula is C16H25ClN2O2S. The molecule has 1 heterocycles. The first-order valence-corrected chi connectivity index (χ1v) is 8.34. The number of β-amino-alcohol motifs (C(OH)–C–C–N with tert-alkyl or cyclic N) is 1. The molecule has 1 aromatic carbocycles. The van der Waals surface area contributed by atoms with E-state index in [-0.39, 0.29) is 41.5 Å². The zero-order chi connectivity index (χ0) is 15.2. The van der Waals surface area contributed by atoms with Gasteiger partial charge in [0.15, 0.2) is 0 Å². The Morgan fingerprint density at radius 1 is 1.36 bits per heavy atom. The molecule has 3 atom stereocenters. The monoisotopic (exact) mass is 344 g/mol. The third-order valence-electron chi connectivity index (χ3n) is 3.71. The summed E-state index contributed by atoms with van der Waals surface area (Å²) in [6.45, 7) is 6.04. The van der Waals surface area contributed by atoms with Gasteiger partial charge in [-0.15, -0.1) is 24.2 Å². The van der Waals surface area contributed by atoms with Crippen LogP contribution < -0.4 is 10.6 Å². The number of rotatable bonds is 6. The van der Waals surface area contributed by atoms with Crippen LogP contribution in [0.2, 0.25) is 0 Å². The van der Waals surface area contributed by atoms with Crippen LogP contribution in [0, 0.1) is 11.8 Å². The summed E-state index contributed by atoms with van der Waals surface area (Å²) in [6, 6.07) is 10.00. The van der Waals surface area contributed by atoms with Gasteiger partial charge in [0.2, 0.25) is 5.91 Å². The van der Waals surface area contributed by atoms with Gasteiger partial charge in [-0.2, -0.15) is 0 Å². The van der Waals surface area contributed by atoms with E-state index in [4.69, 9.17) is 0 Å². The second-order valence-electron chi connectivity index (χ2n) is 5.83. The lowest BCUT2D eigenvalue weighted by atomic mass is 10.1. The Kier molecular flexibility index (Phi) is 8.25. The molecule has 1 fully saturated rings. The number of carbonyl (C=O) groups is 1. The van der Waals surface area contributed by atoms with Crippen molar-refractivity contribution in [1.82, 2.24) is 10.6 Å². The maximum atomic E-state index is 12.4. The number of amides is 1. The van der Waals surface area contributed by atoms with Crippen molar-refractivity contribution in [2.75, 3.05) is 19.6 Å². The van der Waals surface area contributed by atoms with E-state index >= 15 is 0 Å². The highest BCUT2D eigenvalue weighted by molar-refractivity contribution is 8.00. The van der Waals surface area contributed by atoms with Gasteiger partial charge in [-0.25, -0.2) is 0 Å². The molecule has 1 amide bonds. The number of nitrogens with one attached hydrogen (secondary N) is 2. The number of aliphatic hydroxyl groups excluding tert-OH is 1. The molecule has 1 aromatic rings. The zero-order valence-electron chi connectivity index (χ0n) is 13.0. The Balaban J connectivity index is 0.00000242. The molecule has 1 saturated heterocycles. The standard InChI is InChI=1S/C16H24N2O2S.ClH/c1-11(2)15(21-13-6-4-3-5-7-13)16(20)18-9-12-8-17-10-14(12)19;/h3-7,11-12,14-15,17,19H,8-10H2,1-2H3,(H,18,20);1H. The first-order valence-electron chi connectivity index (χ1n) is 7.46. The van der Waals surface area contributed by atoms with Crippen LogP contribution in [0.25, 0.3) is 0 Å². The number of benzene rings is 1. The minimum absolute atomic E-state index is 0. The average molecular weight is 345 g/mol. The fourth-order valence-electron chi connectivity index (χ4n) is 2.40. The van der Waals surface area contributed by atoms with E-state index in [2.05, 4.69) is 24.5 Å². The largest absolute Gasteiger partial charge is 0.391 e. The van der Waals surface area contributed by atoms with Crippen LogP contribution in [-0.2, 0) is 4.79 Å². The Hall–Kier alpha value is -0.750. The Labute approximate surface area is 142 Å². The smallest absolute Gasteiger partial charge is 0.233 e. The summed E-state index contributed by atoms with van der Waals surface area (Å²) < 4.78 is 0. The average Bonchev–Trinajstić information content (AvgIpc) is 2.88. The van der Waals surface area contributed by atoms with Crippen molar-refractivity contribution in [3.05, 3.63) is 30.3 Å². The summed E-state index contributed by atoms with van der Waals surface area (Å²) in [7, 11) is 0. The fourth-order valence-corrected chi connectivity index (χ4v) is 3.47. The van der Waals surface area contributed by atoms with E-state index in [1.807, 2.05) is 30.3 Å². The third-order valence-corrected chi connectivity index (χ3v) is 5.27. The lowest BCUT2D eigenvalue weighted by Gasteiger charge is -2.21. The van der Waals surface area contributed by atoms with Crippen LogP contribution in [-0.4, -0.2) is 42.0 Å². The minimum Gasteiger partial charge on any atom is -0.391 e. The Bertz CT molecular complexity index is 459. The Morgan fingerprint density at radius 3 is 2.59 bits per heavy atom. The molecule has 0 aliphatic carbocycles. The van der Waals surface area contributed by atoms with Gasteiger partial charge in [0.25, 0.3) is 0 Å². The number of hydrogen-bond acceptors (Lipinski definition) is 4. The van der Waals surface area contributed by atoms with Crippen molar-refractivity contribution < 1.29 is 9.90 Å². The van der Waals surface area contributed by atoms with Gasteiger partial charge in [-0.1, -0.05) is 32.0 Å². The molecule has 1 aliphatic heterocycles. The predicted molar refractivity (Wildman–Crippen MR) is 93.5 cm³/mol. The van der Waals surface area contributed by atoms with Gasteiger partial charge in [-0.3, -0.25) is 4.79 Å². The summed E-state index contributed by atoms with van der Waals surface area (Å²) in [6.07, 6.45) is -0.357. The third kappa shape index (κ3) is 5.47. The van der Waals surface area contributed by atoms with Gasteiger partial charge in [0, 0.05) is 30.4 Å². The number of carbonyl (C=O) groups excluding carboxylic acids is 1. The number of halogens is 1. The SMILES string of the molecule is CC(C)C(Sc1ccccc1)C(=O)NCC1CNCC1O.Cl. The second kappa shape index (κ2) is 9.40. The highest BCUT2D eigenvalue weighted by atomic mass is 35.5. The number of aliphatic hydroxyl groups is 1. The molecule has 4 nitrogen and oxygen atoms in total. The molecule has 0 aromatic heterocycles. The molecule has 22 heavy (non-hydrogen) atoms. The van der Waals surface area contributed by atoms with Gasteiger partial charge in [0.05, 0.1) is 11.4 Å². The van der Waals surface area contributed by atoms with Gasteiger partial charge < -0.3 is 15.7 Å². The first-order chi connectivity index (χ1) is 10.1. The van der Waals surface area contributed by atoms with Crippen molar-refractivity contribution in [3.8, 4) is 0 Å². The molecule has 0 radical (unpaired) electrons. The molecule has 6 heteroatoms. The highest BCUT2D eigenvalue weighted by Crippen LogP contribution is 2.28. The molecule has 3 unspecified atom stereocenters. The lowest BCUT2D eigenvalue weighted by molar-refractivity contribution is -0.121. The van der Waals surface area contributed by atoms with Crippen molar-refractivity contribution in [2.24, 2.45) is 11.8 Å². The van der Waals surface area contributed by atoms with Gasteiger partial charge in [-0.05, 0) is 18.1 Å². The normalized spacial score (nSPS) is 22.2. The van der Waals surface area contributed by atoms with Crippen molar-refractivity contribution >= 4 is 30.1 Å². The van der Waals surface area contributed by atoms with E-state index in [9.17, 15) is 9.90 Å². The van der Waals surface area contributed by atoms with Gasteiger partial charge >= 0.3 is 0 Å². The summed E-state index contributed by atoms with van der Waals surface area (Å²) in [5.41, 5.74) is 0. The molecule has 0 spiro atoms. The van der Waals surface area contributed by atoms with Gasteiger partial charge in [0.1, 0.15) is 0 Å². The molecule has 3 N–H and O–H groups in total. The van der Waals surface area contributed by atoms with Crippen molar-refractivity contribution in [1.29, 1.82) is 0 Å². The molecular weight excluding hydrogens is 320 g/mol. The zero-order valence-corrected chi connectivity index (χ0v) is 14.6. The molecule has 0 bridgehead atoms. The lowest BCUT2D eigenvalue weighted by Crippen LogP contribution is -2.40. The maximum absolute atomic E-state index is 12.4. The first kappa shape index (κ1) is 19.3. The van der Waals surface area contributed by atoms with Crippen molar-refractivity contribution in [3.63, 3.8) is 0 Å². The Morgan fingerprint density at radius 2 is 2.05 bits per heavy atom. The number of thioether (sulfide) groups is 1. The van der Waals surface area contributed by atoms with Crippen LogP contribution in [0.1, 0.15) is 13.8 Å². The van der Waals surface area contributed by atoms with Crippen LogP contribution in [0.15, 0.2) is 35.2 Å². The fraction of sp³-hybridized carbons (Fsp3) is 0.562. The molecule has 124 valence electrons. The molecule has 1 aliphatic rings. The summed E-state index contributed by atoms with van der Waals surface area (Å²) in [4.78, 5) is 13.5. The van der Waals surface area contributed by atoms with Crippen LogP contribution in [0.5, 0.6) is 0 Å². The topological polar surface area (TPSA) is 61.4 Å². The highest BCUT2D eigenvalue weighted by Gasteiger charge is 2.28. The second-order valence-corrected chi connectivity index (χ2v) is 7.04. The summed E-state index contributed by atoms with van der Waals surface area (Å²) in [5.74, 6) is 0.420. The molecule has 0 saturated carbocycles. The number of hydrogen-bond donors (Lipinski definition) is 3.